The third-order valence-corrected chi connectivity index (χ3v) is 4.01. The van der Waals surface area contributed by atoms with Crippen LogP contribution in [0.25, 0.3) is 0 Å². The quantitative estimate of drug-likeness (QED) is 0.763. The third-order valence-electron chi connectivity index (χ3n) is 4.01. The predicted molar refractivity (Wildman–Crippen MR) is 76.8 cm³/mol. The molecule has 104 valence electrons. The Bertz CT molecular complexity index is 392. The molecule has 0 unspecified atom stereocenters. The van der Waals surface area contributed by atoms with E-state index in [0.29, 0.717) is 24.3 Å². The van der Waals surface area contributed by atoms with Crippen molar-refractivity contribution >= 4 is 6.29 Å². The minimum Gasteiger partial charge on any atom is -0.492 e. The maximum absolute atomic E-state index is 10.6. The third kappa shape index (κ3) is 3.80. The van der Waals surface area contributed by atoms with E-state index in [1.54, 1.807) is 12.1 Å². The molecule has 2 rings (SSSR count). The number of aldehydes is 1. The molecule has 1 saturated heterocycles. The van der Waals surface area contributed by atoms with E-state index in [4.69, 9.17) is 4.74 Å². The lowest BCUT2D eigenvalue weighted by Crippen LogP contribution is -2.45. The zero-order valence-electron chi connectivity index (χ0n) is 11.8. The lowest BCUT2D eigenvalue weighted by Gasteiger charge is -2.38. The van der Waals surface area contributed by atoms with Gasteiger partial charge in [0.2, 0.25) is 0 Å². The molecule has 1 heterocycles. The lowest BCUT2D eigenvalue weighted by atomic mass is 9.98. The van der Waals surface area contributed by atoms with Crippen molar-refractivity contribution in [3.63, 3.8) is 0 Å². The van der Waals surface area contributed by atoms with Crippen molar-refractivity contribution in [2.24, 2.45) is 0 Å². The minimum atomic E-state index is 0.657. The topological polar surface area (TPSA) is 29.5 Å². The van der Waals surface area contributed by atoms with Gasteiger partial charge in [0.25, 0.3) is 0 Å². The van der Waals surface area contributed by atoms with Gasteiger partial charge in [0.1, 0.15) is 18.6 Å². The van der Waals surface area contributed by atoms with Crippen LogP contribution in [0.2, 0.25) is 0 Å². The summed E-state index contributed by atoms with van der Waals surface area (Å²) in [6.07, 6.45) is 4.77. The maximum atomic E-state index is 10.6. The fourth-order valence-electron chi connectivity index (χ4n) is 2.83. The Hall–Kier alpha value is -1.35. The van der Waals surface area contributed by atoms with Gasteiger partial charge in [0.05, 0.1) is 0 Å². The van der Waals surface area contributed by atoms with Gasteiger partial charge in [-0.15, -0.1) is 0 Å². The van der Waals surface area contributed by atoms with Gasteiger partial charge < -0.3 is 4.74 Å². The van der Waals surface area contributed by atoms with E-state index >= 15 is 0 Å². The van der Waals surface area contributed by atoms with Gasteiger partial charge in [-0.25, -0.2) is 0 Å². The number of nitrogens with zero attached hydrogens (tertiary/aromatic N) is 1. The highest BCUT2D eigenvalue weighted by Gasteiger charge is 2.23. The van der Waals surface area contributed by atoms with Crippen LogP contribution in [0.5, 0.6) is 5.75 Å². The Morgan fingerprint density at radius 2 is 1.84 bits per heavy atom. The van der Waals surface area contributed by atoms with Crippen molar-refractivity contribution in [2.75, 3.05) is 13.2 Å². The van der Waals surface area contributed by atoms with Gasteiger partial charge in [0.15, 0.2) is 0 Å². The van der Waals surface area contributed by atoms with Crippen molar-refractivity contribution < 1.29 is 9.53 Å². The van der Waals surface area contributed by atoms with E-state index < -0.39 is 0 Å². The van der Waals surface area contributed by atoms with Crippen molar-refractivity contribution in [2.45, 2.75) is 45.2 Å². The van der Waals surface area contributed by atoms with Crippen LogP contribution in [0.4, 0.5) is 0 Å². The summed E-state index contributed by atoms with van der Waals surface area (Å²) in [4.78, 5) is 13.1. The van der Waals surface area contributed by atoms with E-state index in [-0.39, 0.29) is 0 Å². The van der Waals surface area contributed by atoms with Gasteiger partial charge in [-0.1, -0.05) is 6.42 Å². The molecule has 0 bridgehead atoms. The fourth-order valence-corrected chi connectivity index (χ4v) is 2.83. The normalized spacial score (nSPS) is 24.1. The largest absolute Gasteiger partial charge is 0.492 e. The molecule has 1 aliphatic rings. The molecule has 0 radical (unpaired) electrons. The first-order valence-electron chi connectivity index (χ1n) is 7.14. The summed E-state index contributed by atoms with van der Waals surface area (Å²) < 4.78 is 5.75. The molecule has 0 amide bonds. The van der Waals surface area contributed by atoms with Crippen LogP contribution in [-0.2, 0) is 0 Å². The Kier molecular flexibility index (Phi) is 4.97. The number of rotatable bonds is 5. The summed E-state index contributed by atoms with van der Waals surface area (Å²) in [6, 6.07) is 8.59. The van der Waals surface area contributed by atoms with Crippen LogP contribution < -0.4 is 4.74 Å². The van der Waals surface area contributed by atoms with Gasteiger partial charge in [-0.2, -0.15) is 0 Å². The maximum Gasteiger partial charge on any atom is 0.150 e. The van der Waals surface area contributed by atoms with Gasteiger partial charge >= 0.3 is 0 Å². The molecule has 2 atom stereocenters. The molecule has 0 aromatic heterocycles. The first-order valence-corrected chi connectivity index (χ1v) is 7.14. The van der Waals surface area contributed by atoms with Crippen LogP contribution in [0.1, 0.15) is 43.5 Å². The number of hydrogen-bond acceptors (Lipinski definition) is 3. The molecular formula is C16H23NO2. The predicted octanol–water partition coefficient (Wildman–Crippen LogP) is 3.14. The molecular weight excluding hydrogens is 238 g/mol. The SMILES string of the molecule is C[C@@H]1CCC[C@@H](C)N1CCOc1ccc(C=O)cc1. The van der Waals surface area contributed by atoms with Crippen LogP contribution in [-0.4, -0.2) is 36.4 Å². The molecule has 0 N–H and O–H groups in total. The summed E-state index contributed by atoms with van der Waals surface area (Å²) in [7, 11) is 0. The van der Waals surface area contributed by atoms with Crippen LogP contribution in [0.3, 0.4) is 0 Å². The van der Waals surface area contributed by atoms with Crippen LogP contribution in [0.15, 0.2) is 24.3 Å². The number of carbonyl (C=O) groups is 1. The second-order valence-corrected chi connectivity index (χ2v) is 5.40. The average molecular weight is 261 g/mol. The summed E-state index contributed by atoms with van der Waals surface area (Å²) in [5.74, 6) is 0.836. The van der Waals surface area contributed by atoms with Gasteiger partial charge in [-0.3, -0.25) is 9.69 Å². The molecule has 3 nitrogen and oxygen atoms in total. The number of benzene rings is 1. The zero-order chi connectivity index (χ0) is 13.7. The highest BCUT2D eigenvalue weighted by Crippen LogP contribution is 2.22. The standard InChI is InChI=1S/C16H23NO2/c1-13-4-3-5-14(2)17(13)10-11-19-16-8-6-15(12-18)7-9-16/h6-9,12-14H,3-5,10-11H2,1-2H3/t13-,14-/m1/s1. The Morgan fingerprint density at radius 1 is 1.21 bits per heavy atom. The van der Waals surface area contributed by atoms with E-state index in [1.165, 1.54) is 19.3 Å². The van der Waals surface area contributed by atoms with Crippen molar-refractivity contribution in [3.05, 3.63) is 29.8 Å². The molecule has 0 spiro atoms. The second kappa shape index (κ2) is 6.71. The van der Waals surface area contributed by atoms with Gasteiger partial charge in [0, 0.05) is 24.2 Å². The highest BCUT2D eigenvalue weighted by molar-refractivity contribution is 5.74. The second-order valence-electron chi connectivity index (χ2n) is 5.40. The van der Waals surface area contributed by atoms with Crippen molar-refractivity contribution in [1.29, 1.82) is 0 Å². The number of ether oxygens (including phenoxy) is 1. The molecule has 1 aromatic rings. The van der Waals surface area contributed by atoms with E-state index in [0.717, 1.165) is 18.6 Å². The van der Waals surface area contributed by atoms with Gasteiger partial charge in [-0.05, 0) is 51.0 Å². The number of likely N-dealkylation sites (tertiary alicyclic amines) is 1. The number of carbonyl (C=O) groups excluding carboxylic acids is 1. The lowest BCUT2D eigenvalue weighted by molar-refractivity contribution is 0.0851. The van der Waals surface area contributed by atoms with Crippen LogP contribution in [0, 0.1) is 0 Å². The van der Waals surface area contributed by atoms with Crippen molar-refractivity contribution in [1.82, 2.24) is 4.90 Å². The fraction of sp³-hybridized carbons (Fsp3) is 0.562. The Labute approximate surface area is 115 Å². The Balaban J connectivity index is 1.80. The highest BCUT2D eigenvalue weighted by atomic mass is 16.5. The average Bonchev–Trinajstić information content (AvgIpc) is 2.43. The number of hydrogen-bond donors (Lipinski definition) is 0. The molecule has 1 fully saturated rings. The minimum absolute atomic E-state index is 0.657. The summed E-state index contributed by atoms with van der Waals surface area (Å²) in [6.45, 7) is 6.27. The molecule has 19 heavy (non-hydrogen) atoms. The first-order chi connectivity index (χ1) is 9.20. The summed E-state index contributed by atoms with van der Waals surface area (Å²) in [5, 5.41) is 0. The molecule has 3 heteroatoms. The van der Waals surface area contributed by atoms with E-state index in [9.17, 15) is 4.79 Å². The monoisotopic (exact) mass is 261 g/mol. The summed E-state index contributed by atoms with van der Waals surface area (Å²) in [5.41, 5.74) is 0.686. The summed E-state index contributed by atoms with van der Waals surface area (Å²) >= 11 is 0. The Morgan fingerprint density at radius 3 is 2.42 bits per heavy atom. The first kappa shape index (κ1) is 14.1. The van der Waals surface area contributed by atoms with Crippen LogP contribution >= 0.6 is 0 Å². The van der Waals surface area contributed by atoms with E-state index in [1.807, 2.05) is 12.1 Å². The molecule has 0 saturated carbocycles. The van der Waals surface area contributed by atoms with Crippen molar-refractivity contribution in [3.8, 4) is 5.75 Å². The number of piperidine rings is 1. The van der Waals surface area contributed by atoms with E-state index in [2.05, 4.69) is 18.7 Å². The molecule has 0 aliphatic carbocycles. The molecule has 1 aromatic carbocycles. The smallest absolute Gasteiger partial charge is 0.150 e. The zero-order valence-corrected chi connectivity index (χ0v) is 11.8. The molecule has 1 aliphatic heterocycles.